The molecule has 2 amide bonds. The van der Waals surface area contributed by atoms with E-state index in [1.807, 2.05) is 32.0 Å². The van der Waals surface area contributed by atoms with Gasteiger partial charge in [0.05, 0.1) is 5.56 Å². The second kappa shape index (κ2) is 8.78. The summed E-state index contributed by atoms with van der Waals surface area (Å²) in [6, 6.07) is 12.3. The van der Waals surface area contributed by atoms with Gasteiger partial charge in [-0.05, 0) is 55.7 Å². The Balaban J connectivity index is 1.55. The van der Waals surface area contributed by atoms with Crippen molar-refractivity contribution in [2.24, 2.45) is 0 Å². The molecule has 0 atom stereocenters. The van der Waals surface area contributed by atoms with Gasteiger partial charge in [-0.15, -0.1) is 0 Å². The summed E-state index contributed by atoms with van der Waals surface area (Å²) in [7, 11) is 0. The monoisotopic (exact) mass is 382 g/mol. The summed E-state index contributed by atoms with van der Waals surface area (Å²) in [6.07, 6.45) is 0.689. The summed E-state index contributed by atoms with van der Waals surface area (Å²) in [5.74, 6) is 0.364. The number of carbonyl (C=O) groups is 2. The van der Waals surface area contributed by atoms with Gasteiger partial charge in [0, 0.05) is 26.2 Å². The lowest BCUT2D eigenvalue weighted by Gasteiger charge is -2.22. The van der Waals surface area contributed by atoms with Crippen molar-refractivity contribution in [3.63, 3.8) is 0 Å². The molecule has 1 fully saturated rings. The van der Waals surface area contributed by atoms with E-state index in [0.717, 1.165) is 5.56 Å². The van der Waals surface area contributed by atoms with E-state index in [0.29, 0.717) is 43.9 Å². The molecule has 1 saturated heterocycles. The van der Waals surface area contributed by atoms with Crippen molar-refractivity contribution < 1.29 is 19.4 Å². The van der Waals surface area contributed by atoms with Gasteiger partial charge in [0.1, 0.15) is 11.5 Å². The van der Waals surface area contributed by atoms with Crippen molar-refractivity contribution >= 4 is 11.8 Å². The van der Waals surface area contributed by atoms with Gasteiger partial charge in [-0.1, -0.05) is 18.2 Å². The van der Waals surface area contributed by atoms with Crippen molar-refractivity contribution in [2.75, 3.05) is 32.8 Å². The third-order valence-electron chi connectivity index (χ3n) is 5.11. The molecule has 148 valence electrons. The number of aromatic hydroxyl groups is 1. The van der Waals surface area contributed by atoms with E-state index in [9.17, 15) is 14.7 Å². The van der Waals surface area contributed by atoms with E-state index in [4.69, 9.17) is 4.74 Å². The third kappa shape index (κ3) is 4.63. The highest BCUT2D eigenvalue weighted by molar-refractivity contribution is 5.96. The molecule has 1 aliphatic heterocycles. The average Bonchev–Trinajstić information content (AvgIpc) is 2.95. The van der Waals surface area contributed by atoms with Crippen molar-refractivity contribution in [2.45, 2.75) is 20.3 Å². The highest BCUT2D eigenvalue weighted by Gasteiger charge is 2.24. The van der Waals surface area contributed by atoms with Gasteiger partial charge in [-0.2, -0.15) is 0 Å². The van der Waals surface area contributed by atoms with Crippen LogP contribution in [-0.4, -0.2) is 59.5 Å². The topological polar surface area (TPSA) is 70.1 Å². The molecule has 6 heteroatoms. The molecule has 6 nitrogen and oxygen atoms in total. The molecule has 2 aromatic rings. The van der Waals surface area contributed by atoms with Gasteiger partial charge in [0.2, 0.25) is 0 Å². The van der Waals surface area contributed by atoms with Crippen LogP contribution < -0.4 is 4.74 Å². The van der Waals surface area contributed by atoms with Crippen LogP contribution in [-0.2, 0) is 4.79 Å². The Morgan fingerprint density at radius 2 is 1.68 bits per heavy atom. The van der Waals surface area contributed by atoms with Gasteiger partial charge < -0.3 is 19.6 Å². The summed E-state index contributed by atoms with van der Waals surface area (Å²) in [5.41, 5.74) is 2.60. The maximum Gasteiger partial charge on any atom is 0.260 e. The molecule has 0 aliphatic carbocycles. The smallest absolute Gasteiger partial charge is 0.260 e. The SMILES string of the molecule is Cc1ccc(OCC(=O)N2CCCN(C(=O)c3ccccc3O)CC2)cc1C. The lowest BCUT2D eigenvalue weighted by atomic mass is 10.1. The number of aryl methyl sites for hydroxylation is 2. The van der Waals surface area contributed by atoms with E-state index in [2.05, 4.69) is 0 Å². The maximum atomic E-state index is 12.7. The molecule has 28 heavy (non-hydrogen) atoms. The minimum atomic E-state index is -0.209. The predicted molar refractivity (Wildman–Crippen MR) is 107 cm³/mol. The Morgan fingerprint density at radius 1 is 0.964 bits per heavy atom. The van der Waals surface area contributed by atoms with Crippen LogP contribution in [0.1, 0.15) is 27.9 Å². The van der Waals surface area contributed by atoms with Crippen LogP contribution in [0.2, 0.25) is 0 Å². The van der Waals surface area contributed by atoms with Crippen molar-refractivity contribution in [3.8, 4) is 11.5 Å². The molecule has 0 aromatic heterocycles. The number of nitrogens with zero attached hydrogens (tertiary/aromatic N) is 2. The van der Waals surface area contributed by atoms with Gasteiger partial charge in [0.25, 0.3) is 11.8 Å². The first-order valence-corrected chi connectivity index (χ1v) is 9.51. The predicted octanol–water partition coefficient (Wildman–Crippen LogP) is 2.76. The summed E-state index contributed by atoms with van der Waals surface area (Å²) in [4.78, 5) is 28.6. The van der Waals surface area contributed by atoms with E-state index >= 15 is 0 Å². The summed E-state index contributed by atoms with van der Waals surface area (Å²) >= 11 is 0. The number of phenols is 1. The van der Waals surface area contributed by atoms with Crippen molar-refractivity contribution in [1.82, 2.24) is 9.80 Å². The van der Waals surface area contributed by atoms with Crippen molar-refractivity contribution in [3.05, 3.63) is 59.2 Å². The molecule has 0 radical (unpaired) electrons. The second-order valence-corrected chi connectivity index (χ2v) is 7.08. The van der Waals surface area contributed by atoms with Crippen LogP contribution in [0.5, 0.6) is 11.5 Å². The molecule has 2 aromatic carbocycles. The molecule has 1 N–H and O–H groups in total. The zero-order chi connectivity index (χ0) is 20.1. The first-order chi connectivity index (χ1) is 13.5. The summed E-state index contributed by atoms with van der Waals surface area (Å²) < 4.78 is 5.65. The Hall–Kier alpha value is -3.02. The van der Waals surface area contributed by atoms with Crippen LogP contribution in [0.15, 0.2) is 42.5 Å². The number of hydrogen-bond acceptors (Lipinski definition) is 4. The minimum Gasteiger partial charge on any atom is -0.507 e. The van der Waals surface area contributed by atoms with E-state index in [1.165, 1.54) is 11.6 Å². The number of carbonyl (C=O) groups excluding carboxylic acids is 2. The van der Waals surface area contributed by atoms with Crippen LogP contribution in [0.25, 0.3) is 0 Å². The minimum absolute atomic E-state index is 0.0179. The maximum absolute atomic E-state index is 12.7. The van der Waals surface area contributed by atoms with E-state index in [-0.39, 0.29) is 24.2 Å². The Morgan fingerprint density at radius 3 is 2.43 bits per heavy atom. The molecule has 0 unspecified atom stereocenters. The largest absolute Gasteiger partial charge is 0.507 e. The second-order valence-electron chi connectivity index (χ2n) is 7.08. The number of hydrogen-bond donors (Lipinski definition) is 1. The highest BCUT2D eigenvalue weighted by Crippen LogP contribution is 2.19. The first-order valence-electron chi connectivity index (χ1n) is 9.51. The van der Waals surface area contributed by atoms with Gasteiger partial charge >= 0.3 is 0 Å². The molecule has 0 saturated carbocycles. The molecule has 0 bridgehead atoms. The number of benzene rings is 2. The molecular formula is C22H26N2O4. The zero-order valence-electron chi connectivity index (χ0n) is 16.4. The van der Waals surface area contributed by atoms with Gasteiger partial charge in [-0.25, -0.2) is 0 Å². The number of para-hydroxylation sites is 1. The fourth-order valence-corrected chi connectivity index (χ4v) is 3.23. The van der Waals surface area contributed by atoms with E-state index < -0.39 is 0 Å². The van der Waals surface area contributed by atoms with Gasteiger partial charge in [-0.3, -0.25) is 9.59 Å². The lowest BCUT2D eigenvalue weighted by molar-refractivity contribution is -0.133. The number of amides is 2. The molecule has 0 spiro atoms. The zero-order valence-corrected chi connectivity index (χ0v) is 16.4. The molecule has 1 heterocycles. The number of ether oxygens (including phenoxy) is 1. The van der Waals surface area contributed by atoms with Crippen LogP contribution in [0, 0.1) is 13.8 Å². The quantitative estimate of drug-likeness (QED) is 0.883. The first kappa shape index (κ1) is 19.7. The Kier molecular flexibility index (Phi) is 6.19. The van der Waals surface area contributed by atoms with E-state index in [1.54, 1.807) is 28.0 Å². The molecule has 1 aliphatic rings. The van der Waals surface area contributed by atoms with Crippen LogP contribution >= 0.6 is 0 Å². The highest BCUT2D eigenvalue weighted by atomic mass is 16.5. The third-order valence-corrected chi connectivity index (χ3v) is 5.11. The standard InChI is InChI=1S/C22H26N2O4/c1-16-8-9-18(14-17(16)2)28-15-21(26)23-10-5-11-24(13-12-23)22(27)19-6-3-4-7-20(19)25/h3-4,6-9,14,25H,5,10-13,15H2,1-2H3. The van der Waals surface area contributed by atoms with Crippen LogP contribution in [0.4, 0.5) is 0 Å². The number of rotatable bonds is 4. The molecule has 3 rings (SSSR count). The Bertz CT molecular complexity index is 865. The summed E-state index contributed by atoms with van der Waals surface area (Å²) in [5, 5.41) is 9.91. The molecular weight excluding hydrogens is 356 g/mol. The van der Waals surface area contributed by atoms with Crippen molar-refractivity contribution in [1.29, 1.82) is 0 Å². The average molecular weight is 382 g/mol. The van der Waals surface area contributed by atoms with Gasteiger partial charge in [0.15, 0.2) is 6.61 Å². The fraction of sp³-hybridized carbons (Fsp3) is 0.364. The Labute approximate surface area is 165 Å². The van der Waals surface area contributed by atoms with Crippen LogP contribution in [0.3, 0.4) is 0 Å². The summed E-state index contributed by atoms with van der Waals surface area (Å²) in [6.45, 7) is 6.04. The normalized spacial score (nSPS) is 14.5. The fourth-order valence-electron chi connectivity index (χ4n) is 3.23. The number of phenolic OH excluding ortho intramolecular Hbond substituents is 1. The lowest BCUT2D eigenvalue weighted by Crippen LogP contribution is -2.39.